The molecule has 1 amide bonds. The van der Waals surface area contributed by atoms with Crippen LogP contribution >= 0.6 is 23.2 Å². The number of rotatable bonds is 3. The fourth-order valence-electron chi connectivity index (χ4n) is 0.836. The minimum absolute atomic E-state index is 0.0210. The van der Waals surface area contributed by atoms with Crippen molar-refractivity contribution in [2.24, 2.45) is 0 Å². The summed E-state index contributed by atoms with van der Waals surface area (Å²) in [6.07, 6.45) is 0. The summed E-state index contributed by atoms with van der Waals surface area (Å²) in [4.78, 5) is 9.54. The largest absolute Gasteiger partial charge is 0.271 e. The molecule has 0 atom stereocenters. The molecule has 82 valence electrons. The molecule has 1 aromatic rings. The molecule has 0 saturated heterocycles. The summed E-state index contributed by atoms with van der Waals surface area (Å²) in [7, 11) is -3.87. The summed E-state index contributed by atoms with van der Waals surface area (Å²) in [6.45, 7) is 0. The van der Waals surface area contributed by atoms with E-state index in [1.165, 1.54) is 24.3 Å². The number of benzene rings is 1. The second-order valence-electron chi connectivity index (χ2n) is 2.58. The van der Waals surface area contributed by atoms with E-state index in [0.717, 1.165) is 0 Å². The van der Waals surface area contributed by atoms with Crippen molar-refractivity contribution in [1.29, 1.82) is 0 Å². The minimum atomic E-state index is -3.87. The van der Waals surface area contributed by atoms with Crippen molar-refractivity contribution in [3.05, 3.63) is 30.3 Å². The van der Waals surface area contributed by atoms with Crippen LogP contribution in [0.3, 0.4) is 0 Å². The summed E-state index contributed by atoms with van der Waals surface area (Å²) in [5.41, 5.74) is 0. The first-order valence-corrected chi connectivity index (χ1v) is 6.19. The van der Waals surface area contributed by atoms with Crippen LogP contribution < -0.4 is 4.72 Å². The van der Waals surface area contributed by atoms with Gasteiger partial charge in [-0.3, -0.25) is 4.79 Å². The maximum Gasteiger partial charge on any atom is 0.266 e. The smallest absolute Gasteiger partial charge is 0.266 e. The molecule has 1 N–H and O–H groups in total. The summed E-state index contributed by atoms with van der Waals surface area (Å²) < 4.78 is 24.7. The van der Waals surface area contributed by atoms with Crippen molar-refractivity contribution in [3.8, 4) is 0 Å². The Labute approximate surface area is 97.2 Å². The fourth-order valence-corrected chi connectivity index (χ4v) is 2.09. The highest BCUT2D eigenvalue weighted by Gasteiger charge is 2.20. The molecule has 0 fully saturated rings. The van der Waals surface area contributed by atoms with Crippen LogP contribution in [0.4, 0.5) is 0 Å². The number of halogens is 2. The summed E-state index contributed by atoms with van der Waals surface area (Å²) in [5.74, 6) is -0.970. The van der Waals surface area contributed by atoms with Gasteiger partial charge >= 0.3 is 0 Å². The van der Waals surface area contributed by atoms with Crippen molar-refractivity contribution in [1.82, 2.24) is 4.72 Å². The van der Waals surface area contributed by atoms with E-state index in [0.29, 0.717) is 0 Å². The lowest BCUT2D eigenvalue weighted by Gasteiger charge is -2.06. The SMILES string of the molecule is O=C(NS(=O)(=O)c1ccccc1)C(Cl)Cl. The first kappa shape index (κ1) is 12.3. The van der Waals surface area contributed by atoms with Crippen molar-refractivity contribution in [2.75, 3.05) is 0 Å². The molecule has 1 aromatic carbocycles. The van der Waals surface area contributed by atoms with Gasteiger partial charge in [-0.25, -0.2) is 13.1 Å². The van der Waals surface area contributed by atoms with Gasteiger partial charge in [0.15, 0.2) is 4.84 Å². The Bertz CT molecular complexity index is 444. The van der Waals surface area contributed by atoms with Crippen LogP contribution in [0.2, 0.25) is 0 Å². The second kappa shape index (κ2) is 4.83. The number of hydrogen-bond acceptors (Lipinski definition) is 3. The zero-order valence-electron chi connectivity index (χ0n) is 7.35. The normalized spacial score (nSPS) is 11.4. The first-order valence-electron chi connectivity index (χ1n) is 3.83. The van der Waals surface area contributed by atoms with Gasteiger partial charge in [0.25, 0.3) is 15.9 Å². The maximum atomic E-state index is 11.5. The minimum Gasteiger partial charge on any atom is -0.271 e. The first-order chi connectivity index (χ1) is 6.93. The van der Waals surface area contributed by atoms with Gasteiger partial charge in [-0.05, 0) is 12.1 Å². The third-order valence-corrected chi connectivity index (χ3v) is 3.25. The predicted molar refractivity (Wildman–Crippen MR) is 57.3 cm³/mol. The number of sulfonamides is 1. The Balaban J connectivity index is 2.91. The van der Waals surface area contributed by atoms with Crippen LogP contribution in [-0.2, 0) is 14.8 Å². The quantitative estimate of drug-likeness (QED) is 0.840. The molecular formula is C8H7Cl2NO3S. The van der Waals surface area contributed by atoms with Crippen LogP contribution in [0, 0.1) is 0 Å². The Morgan fingerprint density at radius 1 is 1.20 bits per heavy atom. The van der Waals surface area contributed by atoms with Crippen LogP contribution in [0.25, 0.3) is 0 Å². The lowest BCUT2D eigenvalue weighted by atomic mass is 10.4. The maximum absolute atomic E-state index is 11.5. The second-order valence-corrected chi connectivity index (χ2v) is 5.36. The highest BCUT2D eigenvalue weighted by molar-refractivity contribution is 7.90. The van der Waals surface area contributed by atoms with Gasteiger partial charge in [0.2, 0.25) is 0 Å². The van der Waals surface area contributed by atoms with E-state index in [1.54, 1.807) is 10.8 Å². The van der Waals surface area contributed by atoms with Gasteiger partial charge < -0.3 is 0 Å². The monoisotopic (exact) mass is 267 g/mol. The lowest BCUT2D eigenvalue weighted by Crippen LogP contribution is -2.34. The van der Waals surface area contributed by atoms with Gasteiger partial charge in [-0.1, -0.05) is 41.4 Å². The van der Waals surface area contributed by atoms with Crippen molar-refractivity contribution in [3.63, 3.8) is 0 Å². The average Bonchev–Trinajstić information content (AvgIpc) is 2.18. The van der Waals surface area contributed by atoms with Crippen LogP contribution in [0.5, 0.6) is 0 Å². The molecule has 0 aliphatic rings. The van der Waals surface area contributed by atoms with Gasteiger partial charge in [-0.15, -0.1) is 0 Å². The lowest BCUT2D eigenvalue weighted by molar-refractivity contribution is -0.117. The molecule has 0 bridgehead atoms. The third-order valence-electron chi connectivity index (χ3n) is 1.49. The number of nitrogens with one attached hydrogen (secondary N) is 1. The van der Waals surface area contributed by atoms with Gasteiger partial charge in [-0.2, -0.15) is 0 Å². The Kier molecular flexibility index (Phi) is 3.96. The molecule has 0 radical (unpaired) electrons. The third kappa shape index (κ3) is 3.37. The molecule has 0 aliphatic carbocycles. The van der Waals surface area contributed by atoms with Crippen LogP contribution in [-0.4, -0.2) is 19.2 Å². The zero-order chi connectivity index (χ0) is 11.5. The van der Waals surface area contributed by atoms with E-state index < -0.39 is 20.8 Å². The van der Waals surface area contributed by atoms with Crippen molar-refractivity contribution in [2.45, 2.75) is 9.73 Å². The van der Waals surface area contributed by atoms with E-state index in [1.807, 2.05) is 0 Å². The highest BCUT2D eigenvalue weighted by Crippen LogP contribution is 2.09. The standard InChI is InChI=1S/C8H7Cl2NO3S/c9-7(10)8(12)11-15(13,14)6-4-2-1-3-5-6/h1-5,7H,(H,11,12). The van der Waals surface area contributed by atoms with Gasteiger partial charge in [0.05, 0.1) is 4.90 Å². The Morgan fingerprint density at radius 2 is 1.73 bits per heavy atom. The Hall–Kier alpha value is -0.780. The van der Waals surface area contributed by atoms with E-state index in [4.69, 9.17) is 23.2 Å². The van der Waals surface area contributed by atoms with E-state index in [2.05, 4.69) is 0 Å². The molecule has 0 heterocycles. The molecule has 0 saturated carbocycles. The molecule has 7 heteroatoms. The molecule has 0 spiro atoms. The summed E-state index contributed by atoms with van der Waals surface area (Å²) in [5, 5.41) is 0. The Morgan fingerprint density at radius 3 is 2.20 bits per heavy atom. The van der Waals surface area contributed by atoms with E-state index in [-0.39, 0.29) is 4.90 Å². The summed E-state index contributed by atoms with van der Waals surface area (Å²) >= 11 is 10.4. The molecule has 15 heavy (non-hydrogen) atoms. The van der Waals surface area contributed by atoms with Crippen molar-refractivity contribution < 1.29 is 13.2 Å². The highest BCUT2D eigenvalue weighted by atomic mass is 35.5. The van der Waals surface area contributed by atoms with Gasteiger partial charge in [0, 0.05) is 0 Å². The molecule has 1 rings (SSSR count). The van der Waals surface area contributed by atoms with Crippen molar-refractivity contribution >= 4 is 39.1 Å². The molecule has 4 nitrogen and oxygen atoms in total. The van der Waals surface area contributed by atoms with Crippen LogP contribution in [0.1, 0.15) is 0 Å². The number of alkyl halides is 2. The number of carbonyl (C=O) groups excluding carboxylic acids is 1. The molecule has 0 aromatic heterocycles. The fraction of sp³-hybridized carbons (Fsp3) is 0.125. The zero-order valence-corrected chi connectivity index (χ0v) is 9.68. The predicted octanol–water partition coefficient (Wildman–Crippen LogP) is 1.30. The number of hydrogen-bond donors (Lipinski definition) is 1. The molecular weight excluding hydrogens is 261 g/mol. The van der Waals surface area contributed by atoms with Gasteiger partial charge in [0.1, 0.15) is 0 Å². The average molecular weight is 268 g/mol. The summed E-state index contributed by atoms with van der Waals surface area (Å²) in [6, 6.07) is 7.45. The molecule has 0 aliphatic heterocycles. The number of carbonyl (C=O) groups is 1. The van der Waals surface area contributed by atoms with E-state index in [9.17, 15) is 13.2 Å². The molecule has 0 unspecified atom stereocenters. The van der Waals surface area contributed by atoms with Crippen LogP contribution in [0.15, 0.2) is 35.2 Å². The number of amides is 1. The topological polar surface area (TPSA) is 63.2 Å². The van der Waals surface area contributed by atoms with E-state index >= 15 is 0 Å².